The van der Waals surface area contributed by atoms with Gasteiger partial charge >= 0.3 is 0 Å². The molecule has 0 aliphatic heterocycles. The molecule has 1 aromatic heterocycles. The normalized spacial score (nSPS) is 14.5. The van der Waals surface area contributed by atoms with E-state index < -0.39 is 0 Å². The van der Waals surface area contributed by atoms with Gasteiger partial charge in [0, 0.05) is 18.6 Å². The monoisotopic (exact) mass is 200 g/mol. The lowest BCUT2D eigenvalue weighted by Crippen LogP contribution is -2.20. The van der Waals surface area contributed by atoms with Crippen molar-refractivity contribution in [1.29, 1.82) is 0 Å². The molecule has 0 spiro atoms. The zero-order valence-electron chi connectivity index (χ0n) is 8.71. The van der Waals surface area contributed by atoms with E-state index in [0.717, 1.165) is 6.42 Å². The van der Waals surface area contributed by atoms with Crippen molar-refractivity contribution in [3.8, 4) is 0 Å². The first kappa shape index (κ1) is 10.6. The number of aryl methyl sites for hydroxylation is 1. The van der Waals surface area contributed by atoms with Crippen molar-refractivity contribution < 1.29 is 0 Å². The summed E-state index contributed by atoms with van der Waals surface area (Å²) >= 11 is 5.99. The minimum absolute atomic E-state index is 0.120. The van der Waals surface area contributed by atoms with Gasteiger partial charge in [-0.2, -0.15) is 5.10 Å². The van der Waals surface area contributed by atoms with Crippen LogP contribution in [0.15, 0.2) is 12.4 Å². The molecule has 0 aliphatic carbocycles. The third-order valence-electron chi connectivity index (χ3n) is 2.28. The lowest BCUT2D eigenvalue weighted by Gasteiger charge is -2.24. The molecule has 74 valence electrons. The second-order valence-electron chi connectivity index (χ2n) is 4.27. The summed E-state index contributed by atoms with van der Waals surface area (Å²) in [5.74, 6) is 0. The number of alkyl halides is 1. The van der Waals surface area contributed by atoms with Crippen molar-refractivity contribution in [3.63, 3.8) is 0 Å². The van der Waals surface area contributed by atoms with Crippen LogP contribution >= 0.6 is 11.6 Å². The molecule has 0 amide bonds. The Labute approximate surface area is 84.9 Å². The highest BCUT2D eigenvalue weighted by molar-refractivity contribution is 6.20. The van der Waals surface area contributed by atoms with E-state index in [4.69, 9.17) is 11.6 Å². The molecular weight excluding hydrogens is 184 g/mol. The van der Waals surface area contributed by atoms with Gasteiger partial charge in [0.25, 0.3) is 0 Å². The molecule has 0 aromatic carbocycles. The zero-order chi connectivity index (χ0) is 10.1. The Balaban J connectivity index is 2.80. The molecule has 2 nitrogen and oxygen atoms in total. The van der Waals surface area contributed by atoms with E-state index in [-0.39, 0.29) is 10.8 Å². The molecule has 1 rings (SSSR count). The van der Waals surface area contributed by atoms with Crippen LogP contribution in [0.3, 0.4) is 0 Å². The molecule has 1 atom stereocenters. The van der Waals surface area contributed by atoms with Crippen LogP contribution in [0.1, 0.15) is 32.8 Å². The van der Waals surface area contributed by atoms with E-state index in [9.17, 15) is 0 Å². The Morgan fingerprint density at radius 2 is 2.23 bits per heavy atom. The number of aromatic nitrogens is 2. The van der Waals surface area contributed by atoms with Gasteiger partial charge in [0.1, 0.15) is 0 Å². The van der Waals surface area contributed by atoms with Gasteiger partial charge in [-0.15, -0.1) is 11.6 Å². The van der Waals surface area contributed by atoms with Gasteiger partial charge in [-0.3, -0.25) is 4.68 Å². The van der Waals surface area contributed by atoms with Crippen LogP contribution < -0.4 is 0 Å². The standard InChI is InChI=1S/C10H17ClN2/c1-8(11)5-10(2,3)9-6-12-13(4)7-9/h6-8H,5H2,1-4H3. The fourth-order valence-corrected chi connectivity index (χ4v) is 1.98. The van der Waals surface area contributed by atoms with Crippen molar-refractivity contribution >= 4 is 11.6 Å². The SMILES string of the molecule is CC(Cl)CC(C)(C)c1cnn(C)c1. The largest absolute Gasteiger partial charge is 0.276 e. The Morgan fingerprint density at radius 1 is 1.62 bits per heavy atom. The van der Waals surface area contributed by atoms with Crippen molar-refractivity contribution in [2.75, 3.05) is 0 Å². The first-order chi connectivity index (χ1) is 5.92. The third-order valence-corrected chi connectivity index (χ3v) is 2.43. The van der Waals surface area contributed by atoms with E-state index >= 15 is 0 Å². The second kappa shape index (κ2) is 3.70. The molecule has 0 radical (unpaired) electrons. The summed E-state index contributed by atoms with van der Waals surface area (Å²) in [6.45, 7) is 6.42. The fourth-order valence-electron chi connectivity index (χ4n) is 1.59. The van der Waals surface area contributed by atoms with Crippen LogP contribution in [0, 0.1) is 0 Å². The molecule has 0 bridgehead atoms. The Hall–Kier alpha value is -0.500. The summed E-state index contributed by atoms with van der Waals surface area (Å²) in [7, 11) is 1.93. The number of rotatable bonds is 3. The summed E-state index contributed by atoms with van der Waals surface area (Å²) in [6, 6.07) is 0. The predicted molar refractivity (Wildman–Crippen MR) is 56.2 cm³/mol. The predicted octanol–water partition coefficient (Wildman–Crippen LogP) is 2.72. The summed E-state index contributed by atoms with van der Waals surface area (Å²) in [4.78, 5) is 0. The van der Waals surface area contributed by atoms with Gasteiger partial charge in [-0.1, -0.05) is 13.8 Å². The van der Waals surface area contributed by atoms with Crippen LogP contribution in [0.2, 0.25) is 0 Å². The minimum atomic E-state index is 0.120. The third kappa shape index (κ3) is 2.73. The lowest BCUT2D eigenvalue weighted by molar-refractivity contribution is 0.476. The first-order valence-corrected chi connectivity index (χ1v) is 4.98. The molecule has 0 saturated carbocycles. The molecule has 3 heteroatoms. The summed E-state index contributed by atoms with van der Waals surface area (Å²) in [5.41, 5.74) is 1.37. The van der Waals surface area contributed by atoms with Gasteiger partial charge in [-0.05, 0) is 24.3 Å². The topological polar surface area (TPSA) is 17.8 Å². The van der Waals surface area contributed by atoms with E-state index in [1.807, 2.05) is 24.9 Å². The first-order valence-electron chi connectivity index (χ1n) is 4.55. The van der Waals surface area contributed by atoms with Gasteiger partial charge in [0.2, 0.25) is 0 Å². The Kier molecular flexibility index (Phi) is 3.01. The van der Waals surface area contributed by atoms with Crippen LogP contribution in [0.4, 0.5) is 0 Å². The van der Waals surface area contributed by atoms with Crippen LogP contribution in [0.25, 0.3) is 0 Å². The minimum Gasteiger partial charge on any atom is -0.276 e. The van der Waals surface area contributed by atoms with Crippen molar-refractivity contribution in [2.24, 2.45) is 7.05 Å². The molecule has 0 N–H and O–H groups in total. The Morgan fingerprint density at radius 3 is 2.62 bits per heavy atom. The van der Waals surface area contributed by atoms with E-state index in [1.54, 1.807) is 0 Å². The Bertz CT molecular complexity index is 276. The van der Waals surface area contributed by atoms with Gasteiger partial charge in [0.15, 0.2) is 0 Å². The maximum atomic E-state index is 5.99. The molecule has 0 aliphatic rings. The fraction of sp³-hybridized carbons (Fsp3) is 0.700. The molecular formula is C10H17ClN2. The number of hydrogen-bond donors (Lipinski definition) is 0. The van der Waals surface area contributed by atoms with Gasteiger partial charge in [0.05, 0.1) is 6.20 Å². The van der Waals surface area contributed by atoms with Crippen LogP contribution in [0.5, 0.6) is 0 Å². The highest BCUT2D eigenvalue weighted by atomic mass is 35.5. The summed E-state index contributed by atoms with van der Waals surface area (Å²) in [6.07, 6.45) is 4.94. The highest BCUT2D eigenvalue weighted by Gasteiger charge is 2.23. The van der Waals surface area contributed by atoms with Crippen molar-refractivity contribution in [2.45, 2.75) is 38.0 Å². The second-order valence-corrected chi connectivity index (χ2v) is 5.02. The molecule has 0 fully saturated rings. The maximum absolute atomic E-state index is 5.99. The number of nitrogens with zero attached hydrogens (tertiary/aromatic N) is 2. The van der Waals surface area contributed by atoms with E-state index in [1.165, 1.54) is 5.56 Å². The zero-order valence-corrected chi connectivity index (χ0v) is 9.47. The van der Waals surface area contributed by atoms with Crippen LogP contribution in [-0.2, 0) is 12.5 Å². The molecule has 13 heavy (non-hydrogen) atoms. The van der Waals surface area contributed by atoms with Crippen molar-refractivity contribution in [3.05, 3.63) is 18.0 Å². The molecule has 1 aromatic rings. The number of hydrogen-bond acceptors (Lipinski definition) is 1. The molecule has 1 unspecified atom stereocenters. The smallest absolute Gasteiger partial charge is 0.0527 e. The molecule has 0 saturated heterocycles. The van der Waals surface area contributed by atoms with Gasteiger partial charge in [-0.25, -0.2) is 0 Å². The summed E-state index contributed by atoms with van der Waals surface area (Å²) < 4.78 is 1.83. The van der Waals surface area contributed by atoms with Gasteiger partial charge < -0.3 is 0 Å². The molecule has 1 heterocycles. The van der Waals surface area contributed by atoms with E-state index in [0.29, 0.717) is 0 Å². The average molecular weight is 201 g/mol. The van der Waals surface area contributed by atoms with Crippen molar-refractivity contribution in [1.82, 2.24) is 9.78 Å². The quantitative estimate of drug-likeness (QED) is 0.687. The summed E-state index contributed by atoms with van der Waals surface area (Å²) in [5, 5.41) is 4.37. The van der Waals surface area contributed by atoms with E-state index in [2.05, 4.69) is 25.1 Å². The lowest BCUT2D eigenvalue weighted by atomic mass is 9.82. The highest BCUT2D eigenvalue weighted by Crippen LogP contribution is 2.29. The maximum Gasteiger partial charge on any atom is 0.0527 e. The van der Waals surface area contributed by atoms with Crippen LogP contribution in [-0.4, -0.2) is 15.2 Å². The number of halogens is 1. The average Bonchev–Trinajstić information content (AvgIpc) is 2.32.